The number of aromatic nitrogens is 2. The van der Waals surface area contributed by atoms with Gasteiger partial charge in [0.15, 0.2) is 11.6 Å². The highest BCUT2D eigenvalue weighted by atomic mass is 19.1. The van der Waals surface area contributed by atoms with Crippen molar-refractivity contribution in [1.82, 2.24) is 9.97 Å². The topological polar surface area (TPSA) is 55.0 Å². The summed E-state index contributed by atoms with van der Waals surface area (Å²) in [6, 6.07) is 3.91. The summed E-state index contributed by atoms with van der Waals surface area (Å²) >= 11 is 0. The summed E-state index contributed by atoms with van der Waals surface area (Å²) in [5, 5.41) is 0. The van der Waals surface area contributed by atoms with Crippen LogP contribution in [-0.4, -0.2) is 9.97 Å². The van der Waals surface area contributed by atoms with Crippen LogP contribution < -0.4 is 10.3 Å². The molecule has 82 valence electrons. The maximum atomic E-state index is 13.2. The molecule has 2 rings (SSSR count). The lowest BCUT2D eigenvalue weighted by molar-refractivity contribution is 0.422. The van der Waals surface area contributed by atoms with E-state index >= 15 is 0 Å². The molecular weight excluding hydrogens is 218 g/mol. The van der Waals surface area contributed by atoms with Crippen molar-refractivity contribution in [2.24, 2.45) is 0 Å². The lowest BCUT2D eigenvalue weighted by Crippen LogP contribution is -2.04. The summed E-state index contributed by atoms with van der Waals surface area (Å²) in [4.78, 5) is 16.8. The Morgan fingerprint density at radius 1 is 1.25 bits per heavy atom. The van der Waals surface area contributed by atoms with E-state index in [1.165, 1.54) is 0 Å². The number of nitrogens with zero attached hydrogens (tertiary/aromatic N) is 1. The van der Waals surface area contributed by atoms with Crippen molar-refractivity contribution < 1.29 is 13.5 Å². The number of ether oxygens (including phenoxy) is 1. The molecule has 16 heavy (non-hydrogen) atoms. The quantitative estimate of drug-likeness (QED) is 0.846. The third-order valence-corrected chi connectivity index (χ3v) is 1.76. The monoisotopic (exact) mass is 224 g/mol. The van der Waals surface area contributed by atoms with Gasteiger partial charge in [-0.3, -0.25) is 4.79 Å². The molecule has 0 amide bonds. The third-order valence-electron chi connectivity index (χ3n) is 1.76. The van der Waals surface area contributed by atoms with Crippen LogP contribution >= 0.6 is 0 Å². The average molecular weight is 224 g/mol. The molecule has 0 spiro atoms. The fourth-order valence-corrected chi connectivity index (χ4v) is 1.08. The van der Waals surface area contributed by atoms with Crippen LogP contribution in [0.25, 0.3) is 0 Å². The first-order valence-electron chi connectivity index (χ1n) is 4.33. The number of benzene rings is 1. The van der Waals surface area contributed by atoms with Gasteiger partial charge in [-0.05, 0) is 12.1 Å². The zero-order chi connectivity index (χ0) is 11.5. The Bertz CT molecular complexity index is 569. The van der Waals surface area contributed by atoms with E-state index in [1.807, 2.05) is 0 Å². The molecule has 1 heterocycles. The zero-order valence-electron chi connectivity index (χ0n) is 7.91. The molecule has 0 aliphatic rings. The van der Waals surface area contributed by atoms with E-state index in [4.69, 9.17) is 4.74 Å². The summed E-state index contributed by atoms with van der Waals surface area (Å²) in [6.07, 6.45) is 1.12. The second kappa shape index (κ2) is 4.09. The number of halogens is 2. The van der Waals surface area contributed by atoms with E-state index in [0.29, 0.717) is 6.07 Å². The summed E-state index contributed by atoms with van der Waals surface area (Å²) in [7, 11) is 0. The van der Waals surface area contributed by atoms with Gasteiger partial charge in [-0.15, -0.1) is 0 Å². The van der Waals surface area contributed by atoms with Crippen LogP contribution in [-0.2, 0) is 0 Å². The number of hydrogen-bond donors (Lipinski definition) is 1. The van der Waals surface area contributed by atoms with Crippen molar-refractivity contribution in [2.75, 3.05) is 0 Å². The summed E-state index contributed by atoms with van der Waals surface area (Å²) < 4.78 is 30.7. The van der Waals surface area contributed by atoms with Gasteiger partial charge >= 0.3 is 0 Å². The Morgan fingerprint density at radius 3 is 2.75 bits per heavy atom. The highest BCUT2D eigenvalue weighted by molar-refractivity contribution is 5.28. The van der Waals surface area contributed by atoms with Crippen LogP contribution in [0, 0.1) is 11.6 Å². The number of H-pyrrole nitrogens is 1. The molecular formula is C10H6F2N2O2. The Balaban J connectivity index is 2.30. The summed E-state index contributed by atoms with van der Waals surface area (Å²) in [5.41, 5.74) is -0.424. The molecule has 1 N–H and O–H groups in total. The highest BCUT2D eigenvalue weighted by Crippen LogP contribution is 2.22. The molecule has 0 radical (unpaired) electrons. The van der Waals surface area contributed by atoms with Crippen molar-refractivity contribution in [3.8, 4) is 11.6 Å². The van der Waals surface area contributed by atoms with Crippen molar-refractivity contribution in [2.45, 2.75) is 0 Å². The molecule has 0 bridgehead atoms. The number of rotatable bonds is 2. The molecule has 0 unspecified atom stereocenters. The summed E-state index contributed by atoms with van der Waals surface area (Å²) in [6.45, 7) is 0. The van der Waals surface area contributed by atoms with E-state index in [0.717, 1.165) is 24.5 Å². The van der Waals surface area contributed by atoms with Crippen LogP contribution in [0.1, 0.15) is 0 Å². The maximum absolute atomic E-state index is 13.2. The SMILES string of the molecule is O=c1cc(Oc2ccc(F)cc2F)nc[nH]1. The smallest absolute Gasteiger partial charge is 0.254 e. The zero-order valence-corrected chi connectivity index (χ0v) is 7.91. The minimum absolute atomic E-state index is 0.0609. The molecule has 0 fully saturated rings. The van der Waals surface area contributed by atoms with Crippen LogP contribution in [0.4, 0.5) is 8.78 Å². The number of hydrogen-bond acceptors (Lipinski definition) is 3. The standard InChI is InChI=1S/C10H6F2N2O2/c11-6-1-2-8(7(12)3-6)16-10-4-9(15)13-5-14-10/h1-5H,(H,13,14,15). The first-order chi connectivity index (χ1) is 7.65. The molecule has 6 heteroatoms. The van der Waals surface area contributed by atoms with Crippen LogP contribution in [0.5, 0.6) is 11.6 Å². The third kappa shape index (κ3) is 2.22. The van der Waals surface area contributed by atoms with Crippen molar-refractivity contribution >= 4 is 0 Å². The molecule has 1 aromatic carbocycles. The lowest BCUT2D eigenvalue weighted by atomic mass is 10.3. The molecule has 2 aromatic rings. The first kappa shape index (κ1) is 10.3. The van der Waals surface area contributed by atoms with Gasteiger partial charge < -0.3 is 9.72 Å². The summed E-state index contributed by atoms with van der Waals surface area (Å²) in [5.74, 6) is -1.82. The lowest BCUT2D eigenvalue weighted by Gasteiger charge is -2.04. The highest BCUT2D eigenvalue weighted by Gasteiger charge is 2.06. The Morgan fingerprint density at radius 2 is 2.06 bits per heavy atom. The number of aromatic amines is 1. The van der Waals surface area contributed by atoms with Gasteiger partial charge in [0.1, 0.15) is 5.82 Å². The van der Waals surface area contributed by atoms with E-state index in [2.05, 4.69) is 9.97 Å². The van der Waals surface area contributed by atoms with Gasteiger partial charge in [-0.1, -0.05) is 0 Å². The van der Waals surface area contributed by atoms with E-state index in [-0.39, 0.29) is 11.6 Å². The molecule has 0 saturated heterocycles. The van der Waals surface area contributed by atoms with E-state index < -0.39 is 17.2 Å². The Labute approximate surface area is 88.5 Å². The Kier molecular flexibility index (Phi) is 2.63. The van der Waals surface area contributed by atoms with E-state index in [9.17, 15) is 13.6 Å². The van der Waals surface area contributed by atoms with Crippen molar-refractivity contribution in [3.63, 3.8) is 0 Å². The van der Waals surface area contributed by atoms with E-state index in [1.54, 1.807) is 0 Å². The average Bonchev–Trinajstić information content (AvgIpc) is 2.22. The van der Waals surface area contributed by atoms with Crippen molar-refractivity contribution in [1.29, 1.82) is 0 Å². The first-order valence-corrected chi connectivity index (χ1v) is 4.33. The normalized spacial score (nSPS) is 10.1. The van der Waals surface area contributed by atoms with Crippen molar-refractivity contribution in [3.05, 3.63) is 52.6 Å². The van der Waals surface area contributed by atoms with Gasteiger partial charge in [0.25, 0.3) is 5.56 Å². The van der Waals surface area contributed by atoms with Crippen LogP contribution in [0.2, 0.25) is 0 Å². The van der Waals surface area contributed by atoms with Crippen LogP contribution in [0.3, 0.4) is 0 Å². The fourth-order valence-electron chi connectivity index (χ4n) is 1.08. The van der Waals surface area contributed by atoms with Gasteiger partial charge in [-0.25, -0.2) is 13.8 Å². The second-order valence-electron chi connectivity index (χ2n) is 2.93. The van der Waals surface area contributed by atoms with Gasteiger partial charge in [0.05, 0.1) is 12.4 Å². The maximum Gasteiger partial charge on any atom is 0.254 e. The number of nitrogens with one attached hydrogen (secondary N) is 1. The predicted octanol–water partition coefficient (Wildman–Crippen LogP) is 1.84. The van der Waals surface area contributed by atoms with Gasteiger partial charge in [0.2, 0.25) is 5.88 Å². The molecule has 0 atom stereocenters. The molecule has 0 aliphatic carbocycles. The van der Waals surface area contributed by atoms with Crippen LogP contribution in [0.15, 0.2) is 35.4 Å². The van der Waals surface area contributed by atoms with Gasteiger partial charge in [0, 0.05) is 6.07 Å². The Hall–Kier alpha value is -2.24. The minimum atomic E-state index is -0.859. The second-order valence-corrected chi connectivity index (χ2v) is 2.93. The fraction of sp³-hybridized carbons (Fsp3) is 0. The molecule has 1 aromatic heterocycles. The van der Waals surface area contributed by atoms with Gasteiger partial charge in [-0.2, -0.15) is 0 Å². The predicted molar refractivity (Wildman–Crippen MR) is 51.3 cm³/mol. The molecule has 0 saturated carbocycles. The largest absolute Gasteiger partial charge is 0.436 e. The molecule has 0 aliphatic heterocycles. The minimum Gasteiger partial charge on any atom is -0.436 e. The molecule has 4 nitrogen and oxygen atoms in total.